The lowest BCUT2D eigenvalue weighted by Gasteiger charge is -2.02. The van der Waals surface area contributed by atoms with Crippen LogP contribution >= 0.6 is 23.2 Å². The van der Waals surface area contributed by atoms with E-state index in [1.54, 1.807) is 18.2 Å². The summed E-state index contributed by atoms with van der Waals surface area (Å²) in [7, 11) is 2.55. The van der Waals surface area contributed by atoms with Gasteiger partial charge < -0.3 is 38.9 Å². The molecule has 4 aromatic carbocycles. The first-order valence-corrected chi connectivity index (χ1v) is 17.2. The summed E-state index contributed by atoms with van der Waals surface area (Å²) in [6, 6.07) is 20.3. The van der Waals surface area contributed by atoms with Crippen LogP contribution < -0.4 is 5.73 Å². The summed E-state index contributed by atoms with van der Waals surface area (Å²) in [4.78, 5) is 37.6. The highest BCUT2D eigenvalue weighted by molar-refractivity contribution is 6.34. The predicted octanol–water partition coefficient (Wildman–Crippen LogP) is 9.81. The number of carboxylic acids is 1. The number of rotatable bonds is 6. The lowest BCUT2D eigenvalue weighted by Crippen LogP contribution is -2.11. The highest BCUT2D eigenvalue weighted by Gasteiger charge is 2.19. The van der Waals surface area contributed by atoms with Crippen molar-refractivity contribution in [2.24, 2.45) is 10.9 Å². The Bertz CT molecular complexity index is 2560. The van der Waals surface area contributed by atoms with Gasteiger partial charge in [-0.15, -0.1) is 0 Å². The fourth-order valence-corrected chi connectivity index (χ4v) is 5.89. The number of nitrogens with zero attached hydrogens (tertiary/aromatic N) is 3. The number of oxime groups is 1. The van der Waals surface area contributed by atoms with E-state index in [0.29, 0.717) is 33.5 Å². The number of aromatic nitrogens is 2. The maximum absolute atomic E-state index is 11.6. The van der Waals surface area contributed by atoms with Crippen molar-refractivity contribution in [3.05, 3.63) is 128 Å². The van der Waals surface area contributed by atoms with Crippen molar-refractivity contribution >= 4 is 68.9 Å². The molecule has 0 spiro atoms. The van der Waals surface area contributed by atoms with Gasteiger partial charge in [-0.2, -0.15) is 4.98 Å². The van der Waals surface area contributed by atoms with Gasteiger partial charge in [0.25, 0.3) is 5.89 Å². The summed E-state index contributed by atoms with van der Waals surface area (Å²) in [5.74, 6) is -0.694. The molecule has 0 unspecified atom stereocenters. The lowest BCUT2D eigenvalue weighted by molar-refractivity contribution is 0.0591. The number of carboxylic acid groups (broad SMARTS) is 1. The molecule has 7 rings (SSSR count). The van der Waals surface area contributed by atoms with Crippen LogP contribution in [0.3, 0.4) is 0 Å². The van der Waals surface area contributed by atoms with Gasteiger partial charge in [0.1, 0.15) is 11.2 Å². The molecule has 3 aromatic heterocycles. The van der Waals surface area contributed by atoms with Gasteiger partial charge in [-0.05, 0) is 98.5 Å². The van der Waals surface area contributed by atoms with Crippen LogP contribution in [0.2, 0.25) is 10.0 Å². The van der Waals surface area contributed by atoms with Crippen molar-refractivity contribution < 1.29 is 47.5 Å². The number of aromatic carboxylic acids is 1. The molecule has 14 nitrogen and oxygen atoms in total. The minimum Gasteiger partial charge on any atom is -0.478 e. The van der Waals surface area contributed by atoms with Crippen molar-refractivity contribution in [3.8, 4) is 23.0 Å². The summed E-state index contributed by atoms with van der Waals surface area (Å²) < 4.78 is 25.9. The molecular weight excluding hydrogens is 779 g/mol. The molecule has 0 radical (unpaired) electrons. The van der Waals surface area contributed by atoms with E-state index in [4.69, 9.17) is 52.6 Å². The molecule has 0 aliphatic carbocycles. The molecule has 0 amide bonds. The minimum absolute atomic E-state index is 0. The summed E-state index contributed by atoms with van der Waals surface area (Å²) in [5.41, 5.74) is 12.4. The largest absolute Gasteiger partial charge is 0.478 e. The average Bonchev–Trinajstić information content (AvgIpc) is 3.97. The summed E-state index contributed by atoms with van der Waals surface area (Å²) >= 11 is 11.9. The van der Waals surface area contributed by atoms with Gasteiger partial charge >= 0.3 is 17.9 Å². The first-order valence-electron chi connectivity index (χ1n) is 16.5. The van der Waals surface area contributed by atoms with Crippen molar-refractivity contribution in [1.82, 2.24) is 10.1 Å². The van der Waals surface area contributed by atoms with Gasteiger partial charge in [-0.1, -0.05) is 65.2 Å². The number of halogens is 2. The highest BCUT2D eigenvalue weighted by Crippen LogP contribution is 2.33. The third-order valence-electron chi connectivity index (χ3n) is 8.44. The molecule has 3 heterocycles. The number of benzene rings is 4. The Labute approximate surface area is 336 Å². The van der Waals surface area contributed by atoms with Crippen LogP contribution in [0, 0.1) is 27.7 Å². The second-order valence-electron chi connectivity index (χ2n) is 12.2. The van der Waals surface area contributed by atoms with E-state index in [9.17, 15) is 14.4 Å². The number of carbonyl (C=O) groups is 3. The van der Waals surface area contributed by atoms with Gasteiger partial charge in [-0.25, -0.2) is 14.4 Å². The van der Waals surface area contributed by atoms with E-state index in [1.807, 2.05) is 58.0 Å². The average molecular weight is 818 g/mol. The number of ether oxygens (including phenoxy) is 2. The maximum atomic E-state index is 11.6. The van der Waals surface area contributed by atoms with Crippen LogP contribution in [-0.4, -0.2) is 58.4 Å². The van der Waals surface area contributed by atoms with Crippen LogP contribution in [0.5, 0.6) is 0 Å². The number of aryl methyl sites for hydroxylation is 4. The molecule has 4 N–H and O–H groups in total. The van der Waals surface area contributed by atoms with E-state index in [1.165, 1.54) is 38.5 Å². The number of esters is 2. The van der Waals surface area contributed by atoms with Crippen LogP contribution in [-0.2, 0) is 9.47 Å². The zero-order valence-electron chi connectivity index (χ0n) is 30.8. The Morgan fingerprint density at radius 3 is 1.75 bits per heavy atom. The van der Waals surface area contributed by atoms with E-state index >= 15 is 0 Å². The molecule has 16 heteroatoms. The highest BCUT2D eigenvalue weighted by atomic mass is 35.5. The third kappa shape index (κ3) is 9.43. The Morgan fingerprint density at radius 2 is 1.26 bits per heavy atom. The lowest BCUT2D eigenvalue weighted by atomic mass is 10.1. The summed E-state index contributed by atoms with van der Waals surface area (Å²) in [6.45, 7) is 7.96. The molecule has 0 saturated carbocycles. The number of fused-ring (bicyclic) bond motifs is 2. The topological polar surface area (TPSA) is 214 Å². The molecule has 0 atom stereocenters. The Hall–Kier alpha value is -6.64. The fraction of sp³-hybridized carbons (Fsp3) is 0.171. The second kappa shape index (κ2) is 18.3. The number of hydrogen-bond acceptors (Lipinski definition) is 12. The number of nitrogens with two attached hydrogens (primary N) is 1. The van der Waals surface area contributed by atoms with Gasteiger partial charge in [0.15, 0.2) is 11.5 Å². The normalized spacial score (nSPS) is 10.8. The van der Waals surface area contributed by atoms with Crippen LogP contribution in [0.15, 0.2) is 91.3 Å². The zero-order chi connectivity index (χ0) is 40.8. The Balaban J connectivity index is 0.000000205. The van der Waals surface area contributed by atoms with Crippen LogP contribution in [0.25, 0.3) is 45.0 Å². The summed E-state index contributed by atoms with van der Waals surface area (Å²) in [6.07, 6.45) is 0. The third-order valence-corrected chi connectivity index (χ3v) is 9.07. The van der Waals surface area contributed by atoms with E-state index in [-0.39, 0.29) is 35.3 Å². The van der Waals surface area contributed by atoms with Gasteiger partial charge in [0, 0.05) is 10.8 Å². The van der Waals surface area contributed by atoms with E-state index in [0.717, 1.165) is 44.2 Å². The smallest absolute Gasteiger partial charge is 0.337 e. The van der Waals surface area contributed by atoms with Gasteiger partial charge in [0.2, 0.25) is 11.7 Å². The van der Waals surface area contributed by atoms with Crippen LogP contribution in [0.4, 0.5) is 0 Å². The molecule has 0 bridgehead atoms. The van der Waals surface area contributed by atoms with Crippen LogP contribution in [0.1, 0.15) is 66.5 Å². The number of hydrogen-bond donors (Lipinski definition) is 3. The van der Waals surface area contributed by atoms with E-state index in [2.05, 4.69) is 24.8 Å². The predicted molar refractivity (Wildman–Crippen MR) is 215 cm³/mol. The van der Waals surface area contributed by atoms with E-state index < -0.39 is 17.9 Å². The van der Waals surface area contributed by atoms with Gasteiger partial charge in [0.05, 0.1) is 46.5 Å². The Morgan fingerprint density at radius 1 is 0.737 bits per heavy atom. The van der Waals surface area contributed by atoms with Crippen molar-refractivity contribution in [1.29, 1.82) is 0 Å². The SMILES string of the molecule is C.COC(=O)c1ccc(-c2nc(-c3cc4c(C)ccc(C)c4o3)no2)c(Cl)c1.COC(=O)c1ccc(C(=O)O)c(Cl)c1.Cc1ccc(C)c2oc(/C(N)=N\O)cc12. The number of methoxy groups -OCH3 is 2. The molecular formula is C41H38Cl2N4O10. The van der Waals surface area contributed by atoms with Crippen molar-refractivity contribution in [2.45, 2.75) is 35.1 Å². The quantitative estimate of drug-likeness (QED) is 0.0469. The van der Waals surface area contributed by atoms with Gasteiger partial charge in [-0.3, -0.25) is 0 Å². The Kier molecular flexibility index (Phi) is 13.9. The molecule has 7 aromatic rings. The van der Waals surface area contributed by atoms with Crippen molar-refractivity contribution in [3.63, 3.8) is 0 Å². The monoisotopic (exact) mass is 816 g/mol. The van der Waals surface area contributed by atoms with Crippen molar-refractivity contribution in [2.75, 3.05) is 14.2 Å². The fourth-order valence-electron chi connectivity index (χ4n) is 5.37. The first-order chi connectivity index (χ1) is 26.7. The number of carbonyl (C=O) groups excluding carboxylic acids is 2. The molecule has 0 aliphatic rings. The molecule has 57 heavy (non-hydrogen) atoms. The second-order valence-corrected chi connectivity index (χ2v) is 13.0. The minimum atomic E-state index is -1.13. The molecule has 0 aliphatic heterocycles. The molecule has 0 fully saturated rings. The number of amidine groups is 1. The zero-order valence-corrected chi connectivity index (χ0v) is 32.3. The summed E-state index contributed by atoms with van der Waals surface area (Å²) in [5, 5.41) is 26.5. The molecule has 0 saturated heterocycles. The maximum Gasteiger partial charge on any atom is 0.337 e. The first kappa shape index (κ1) is 43.1. The molecule has 296 valence electrons. The number of furan rings is 2. The standard InChI is InChI=1S/C20H15ClN2O4.C11H12N2O2.C9H7ClO4.CH4/c1-10-4-5-11(2)17-14(10)9-16(26-17)18-22-19(27-23-18)13-7-6-12(8-15(13)21)20(24)25-3;1-6-3-4-7(2)10-8(6)5-9(15-10)11(12)13-14;1-14-9(13)5-2-3-6(8(11)12)7(10)4-5;/h4-9H,1-3H3;3-5,14H,1-2H3,(H2,12,13);2-4H,1H3,(H,11,12);1H4.